The average Bonchev–Trinajstić information content (AvgIpc) is 2.37. The van der Waals surface area contributed by atoms with Gasteiger partial charge in [-0.3, -0.25) is 4.79 Å². The second-order valence-corrected chi connectivity index (χ2v) is 4.97. The molecule has 2 rings (SSSR count). The fourth-order valence-electron chi connectivity index (χ4n) is 1.74. The number of hydrogen-bond donors (Lipinski definition) is 0. The van der Waals surface area contributed by atoms with E-state index >= 15 is 0 Å². The van der Waals surface area contributed by atoms with Crippen LogP contribution in [0.4, 0.5) is 22.0 Å². The van der Waals surface area contributed by atoms with E-state index < -0.39 is 40.3 Å². The van der Waals surface area contributed by atoms with E-state index in [1.165, 1.54) is 12.1 Å². The van der Waals surface area contributed by atoms with Crippen molar-refractivity contribution in [1.82, 2.24) is 0 Å². The Labute approximate surface area is 124 Å². The van der Waals surface area contributed by atoms with Crippen LogP contribution < -0.4 is 0 Å². The molecule has 7 heteroatoms. The fraction of sp³-hybridized carbons (Fsp3) is 0.0714. The van der Waals surface area contributed by atoms with Gasteiger partial charge in [-0.2, -0.15) is 13.2 Å². The summed E-state index contributed by atoms with van der Waals surface area (Å²) in [6.07, 6.45) is -4.94. The molecule has 0 aliphatic carbocycles. The maximum Gasteiger partial charge on any atom is 0.419 e. The molecule has 2 aromatic carbocycles. The highest BCUT2D eigenvalue weighted by atomic mass is 79.9. The molecule has 0 heterocycles. The lowest BCUT2D eigenvalue weighted by Crippen LogP contribution is -2.12. The Morgan fingerprint density at radius 1 is 1.00 bits per heavy atom. The van der Waals surface area contributed by atoms with Gasteiger partial charge in [0.2, 0.25) is 0 Å². The predicted octanol–water partition coefficient (Wildman–Crippen LogP) is 4.98. The Morgan fingerprint density at radius 3 is 2.24 bits per heavy atom. The van der Waals surface area contributed by atoms with Gasteiger partial charge in [0.15, 0.2) is 5.78 Å². The molecule has 0 fully saturated rings. The van der Waals surface area contributed by atoms with E-state index in [1.807, 2.05) is 0 Å². The quantitative estimate of drug-likeness (QED) is 0.542. The van der Waals surface area contributed by atoms with Crippen LogP contribution in [0.15, 0.2) is 40.9 Å². The molecule has 2 aromatic rings. The molecule has 110 valence electrons. The summed E-state index contributed by atoms with van der Waals surface area (Å²) in [5.74, 6) is -3.34. The first-order valence-electron chi connectivity index (χ1n) is 5.57. The molecule has 0 saturated carbocycles. The molecule has 0 spiro atoms. The minimum atomic E-state index is -4.94. The van der Waals surface area contributed by atoms with Gasteiger partial charge < -0.3 is 0 Å². The average molecular weight is 365 g/mol. The first kappa shape index (κ1) is 15.6. The number of benzene rings is 2. The Hall–Kier alpha value is -1.76. The van der Waals surface area contributed by atoms with Gasteiger partial charge in [0, 0.05) is 10.0 Å². The minimum Gasteiger partial charge on any atom is -0.288 e. The molecule has 1 nitrogen and oxygen atoms in total. The zero-order chi connectivity index (χ0) is 15.8. The molecule has 0 aliphatic rings. The number of carbonyl (C=O) groups excluding carboxylic acids is 1. The normalized spacial score (nSPS) is 11.5. The van der Waals surface area contributed by atoms with Gasteiger partial charge in [-0.1, -0.05) is 6.07 Å². The Balaban J connectivity index is 2.55. The Kier molecular flexibility index (Phi) is 4.13. The summed E-state index contributed by atoms with van der Waals surface area (Å²) in [5.41, 5.74) is -2.42. The highest BCUT2D eigenvalue weighted by molar-refractivity contribution is 9.10. The van der Waals surface area contributed by atoms with E-state index in [2.05, 4.69) is 15.9 Å². The lowest BCUT2D eigenvalue weighted by atomic mass is 10.0. The van der Waals surface area contributed by atoms with Gasteiger partial charge in [0.25, 0.3) is 0 Å². The smallest absolute Gasteiger partial charge is 0.288 e. The third kappa shape index (κ3) is 3.12. The van der Waals surface area contributed by atoms with E-state index in [0.717, 1.165) is 12.1 Å². The highest BCUT2D eigenvalue weighted by Crippen LogP contribution is 2.33. The van der Waals surface area contributed by atoms with Crippen LogP contribution in [0.5, 0.6) is 0 Å². The molecule has 21 heavy (non-hydrogen) atoms. The van der Waals surface area contributed by atoms with Crippen LogP contribution in [-0.2, 0) is 6.18 Å². The molecule has 0 aromatic heterocycles. The largest absolute Gasteiger partial charge is 0.419 e. The van der Waals surface area contributed by atoms with E-state index in [4.69, 9.17) is 0 Å². The number of carbonyl (C=O) groups is 1. The zero-order valence-corrected chi connectivity index (χ0v) is 11.7. The molecular formula is C14H6BrF5O. The molecule has 0 N–H and O–H groups in total. The maximum atomic E-state index is 13.7. The number of ketones is 1. The molecule has 0 unspecified atom stereocenters. The summed E-state index contributed by atoms with van der Waals surface area (Å²) in [4.78, 5) is 12.1. The summed E-state index contributed by atoms with van der Waals surface area (Å²) >= 11 is 2.96. The minimum absolute atomic E-state index is 0.102. The topological polar surface area (TPSA) is 17.1 Å². The van der Waals surface area contributed by atoms with Crippen LogP contribution in [0.2, 0.25) is 0 Å². The molecule has 0 atom stereocenters. The molecular weight excluding hydrogens is 359 g/mol. The van der Waals surface area contributed by atoms with Crippen molar-refractivity contribution < 1.29 is 26.7 Å². The SMILES string of the molecule is O=C(c1ccc(F)c(C(F)(F)F)c1)c1c(F)cccc1Br. The van der Waals surface area contributed by atoms with Crippen LogP contribution in [-0.4, -0.2) is 5.78 Å². The lowest BCUT2D eigenvalue weighted by Gasteiger charge is -2.10. The van der Waals surface area contributed by atoms with Gasteiger partial charge >= 0.3 is 6.18 Å². The van der Waals surface area contributed by atoms with Crippen LogP contribution in [0.25, 0.3) is 0 Å². The van der Waals surface area contributed by atoms with Crippen molar-refractivity contribution in [2.45, 2.75) is 6.18 Å². The van der Waals surface area contributed by atoms with E-state index in [-0.39, 0.29) is 4.47 Å². The second kappa shape index (κ2) is 5.55. The predicted molar refractivity (Wildman–Crippen MR) is 68.9 cm³/mol. The first-order chi connectivity index (χ1) is 9.71. The highest BCUT2D eigenvalue weighted by Gasteiger charge is 2.35. The van der Waals surface area contributed by atoms with Gasteiger partial charge in [0.05, 0.1) is 11.1 Å². The summed E-state index contributed by atoms with van der Waals surface area (Å²) in [6, 6.07) is 5.51. The van der Waals surface area contributed by atoms with Crippen LogP contribution in [0.1, 0.15) is 21.5 Å². The number of hydrogen-bond acceptors (Lipinski definition) is 1. The number of alkyl halides is 3. The molecule has 0 amide bonds. The Morgan fingerprint density at radius 2 is 1.67 bits per heavy atom. The monoisotopic (exact) mass is 364 g/mol. The zero-order valence-electron chi connectivity index (χ0n) is 10.1. The molecule has 0 bridgehead atoms. The van der Waals surface area contributed by atoms with Crippen LogP contribution in [0, 0.1) is 11.6 Å². The Bertz CT molecular complexity index is 689. The first-order valence-corrected chi connectivity index (χ1v) is 6.36. The van der Waals surface area contributed by atoms with Crippen molar-refractivity contribution in [2.24, 2.45) is 0 Å². The summed E-state index contributed by atoms with van der Waals surface area (Å²) in [5, 5.41) is 0. The number of halogens is 6. The van der Waals surface area contributed by atoms with Crippen molar-refractivity contribution in [3.8, 4) is 0 Å². The molecule has 0 saturated heterocycles. The molecule has 0 aliphatic heterocycles. The summed E-state index contributed by atoms with van der Waals surface area (Å²) in [6.45, 7) is 0. The van der Waals surface area contributed by atoms with Crippen molar-refractivity contribution in [2.75, 3.05) is 0 Å². The molecule has 0 radical (unpaired) electrons. The van der Waals surface area contributed by atoms with Gasteiger partial charge in [-0.15, -0.1) is 0 Å². The second-order valence-electron chi connectivity index (χ2n) is 4.12. The van der Waals surface area contributed by atoms with Crippen molar-refractivity contribution in [1.29, 1.82) is 0 Å². The van der Waals surface area contributed by atoms with Crippen molar-refractivity contribution >= 4 is 21.7 Å². The van der Waals surface area contributed by atoms with Crippen LogP contribution in [0.3, 0.4) is 0 Å². The van der Waals surface area contributed by atoms with Gasteiger partial charge in [0.1, 0.15) is 11.6 Å². The lowest BCUT2D eigenvalue weighted by molar-refractivity contribution is -0.140. The van der Waals surface area contributed by atoms with Crippen molar-refractivity contribution in [3.63, 3.8) is 0 Å². The summed E-state index contributed by atoms with van der Waals surface area (Å²) < 4.78 is 64.8. The number of rotatable bonds is 2. The third-order valence-corrected chi connectivity index (χ3v) is 3.38. The fourth-order valence-corrected chi connectivity index (χ4v) is 2.26. The van der Waals surface area contributed by atoms with Gasteiger partial charge in [-0.25, -0.2) is 8.78 Å². The van der Waals surface area contributed by atoms with E-state index in [0.29, 0.717) is 12.1 Å². The van der Waals surface area contributed by atoms with E-state index in [1.54, 1.807) is 0 Å². The maximum absolute atomic E-state index is 13.7. The standard InChI is InChI=1S/C14H6BrF5O/c15-9-2-1-3-11(17)12(9)13(21)7-4-5-10(16)8(6-7)14(18,19)20/h1-6H. The third-order valence-electron chi connectivity index (χ3n) is 2.72. The van der Waals surface area contributed by atoms with Crippen molar-refractivity contribution in [3.05, 3.63) is 69.2 Å². The van der Waals surface area contributed by atoms with E-state index in [9.17, 15) is 26.7 Å². The van der Waals surface area contributed by atoms with Gasteiger partial charge in [-0.05, 0) is 46.3 Å². The van der Waals surface area contributed by atoms with Crippen LogP contribution >= 0.6 is 15.9 Å². The summed E-state index contributed by atoms with van der Waals surface area (Å²) in [7, 11) is 0.